The number of aliphatic hydroxyl groups is 1. The number of ether oxygens (including phenoxy) is 1. The molecule has 0 aromatic carbocycles. The predicted octanol–water partition coefficient (Wildman–Crippen LogP) is 1.96. The minimum absolute atomic E-state index is 0.0525. The van der Waals surface area contributed by atoms with Gasteiger partial charge in [-0.05, 0) is 34.6 Å². The van der Waals surface area contributed by atoms with Gasteiger partial charge in [-0.15, -0.1) is 0 Å². The van der Waals surface area contributed by atoms with Crippen LogP contribution in [0.4, 0.5) is 9.18 Å². The molecule has 1 amide bonds. The van der Waals surface area contributed by atoms with E-state index in [1.54, 1.807) is 34.6 Å². The molecule has 0 fully saturated rings. The number of amides is 1. The summed E-state index contributed by atoms with van der Waals surface area (Å²) in [5.74, 6) is 0. The Morgan fingerprint density at radius 3 is 2.25 bits per heavy atom. The van der Waals surface area contributed by atoms with Crippen molar-refractivity contribution in [2.75, 3.05) is 13.2 Å². The fourth-order valence-corrected chi connectivity index (χ4v) is 1.09. The van der Waals surface area contributed by atoms with Crippen LogP contribution in [-0.2, 0) is 4.74 Å². The summed E-state index contributed by atoms with van der Waals surface area (Å²) in [6, 6.07) is -0.143. The molecule has 0 aliphatic carbocycles. The summed E-state index contributed by atoms with van der Waals surface area (Å²) in [4.78, 5) is 13.0. The normalized spacial score (nSPS) is 13.8. The van der Waals surface area contributed by atoms with Crippen LogP contribution in [0, 0.1) is 0 Å². The highest BCUT2D eigenvalue weighted by atomic mass is 19.1. The smallest absolute Gasteiger partial charge is 0.410 e. The van der Waals surface area contributed by atoms with Gasteiger partial charge in [-0.3, -0.25) is 0 Å². The van der Waals surface area contributed by atoms with Crippen molar-refractivity contribution in [3.05, 3.63) is 0 Å². The third kappa shape index (κ3) is 5.90. The minimum atomic E-state index is -1.16. The van der Waals surface area contributed by atoms with Crippen LogP contribution in [0.25, 0.3) is 0 Å². The van der Waals surface area contributed by atoms with Crippen molar-refractivity contribution in [2.45, 2.75) is 52.4 Å². The van der Waals surface area contributed by atoms with Crippen LogP contribution in [0.15, 0.2) is 0 Å². The number of halogens is 1. The van der Waals surface area contributed by atoms with E-state index >= 15 is 0 Å². The molecule has 0 radical (unpaired) electrons. The van der Waals surface area contributed by atoms with Crippen LogP contribution >= 0.6 is 0 Å². The van der Waals surface area contributed by atoms with Gasteiger partial charge in [0.15, 0.2) is 0 Å². The lowest BCUT2D eigenvalue weighted by molar-refractivity contribution is 0.00498. The molecule has 0 aromatic heterocycles. The Kier molecular flexibility index (Phi) is 5.72. The first kappa shape index (κ1) is 15.2. The van der Waals surface area contributed by atoms with E-state index in [0.717, 1.165) is 0 Å². The molecule has 0 heterocycles. The summed E-state index contributed by atoms with van der Waals surface area (Å²) in [5.41, 5.74) is -0.592. The highest BCUT2D eigenvalue weighted by molar-refractivity contribution is 5.68. The molecule has 0 saturated heterocycles. The molecule has 0 spiro atoms. The highest BCUT2D eigenvalue weighted by Crippen LogP contribution is 2.12. The SMILES string of the molecule is CC(C)N(CC(O)CF)C(=O)OC(C)(C)C. The number of nitrogens with zero attached hydrogens (tertiary/aromatic N) is 1. The molecule has 5 heteroatoms. The number of hydrogen-bond acceptors (Lipinski definition) is 3. The van der Waals surface area contributed by atoms with E-state index in [1.165, 1.54) is 4.90 Å². The van der Waals surface area contributed by atoms with Crippen molar-refractivity contribution >= 4 is 6.09 Å². The largest absolute Gasteiger partial charge is 0.444 e. The van der Waals surface area contributed by atoms with Gasteiger partial charge in [-0.2, -0.15) is 0 Å². The molecule has 0 rings (SSSR count). The molecule has 1 atom stereocenters. The second-order valence-corrected chi connectivity index (χ2v) is 5.03. The average Bonchev–Trinajstić information content (AvgIpc) is 2.09. The Balaban J connectivity index is 4.48. The maximum Gasteiger partial charge on any atom is 0.410 e. The fraction of sp³-hybridized carbons (Fsp3) is 0.909. The van der Waals surface area contributed by atoms with Gasteiger partial charge in [0.2, 0.25) is 0 Å². The van der Waals surface area contributed by atoms with Crippen molar-refractivity contribution in [1.82, 2.24) is 4.90 Å². The van der Waals surface area contributed by atoms with E-state index in [-0.39, 0.29) is 12.6 Å². The first-order valence-electron chi connectivity index (χ1n) is 5.41. The number of aliphatic hydroxyl groups excluding tert-OH is 1. The van der Waals surface area contributed by atoms with E-state index in [2.05, 4.69) is 0 Å². The van der Waals surface area contributed by atoms with E-state index < -0.39 is 24.5 Å². The summed E-state index contributed by atoms with van der Waals surface area (Å²) >= 11 is 0. The Labute approximate surface area is 96.4 Å². The second-order valence-electron chi connectivity index (χ2n) is 5.03. The van der Waals surface area contributed by atoms with E-state index in [9.17, 15) is 14.3 Å². The Bertz CT molecular complexity index is 226. The van der Waals surface area contributed by atoms with Gasteiger partial charge >= 0.3 is 6.09 Å². The molecule has 1 unspecified atom stereocenters. The number of alkyl halides is 1. The third-order valence-corrected chi connectivity index (χ3v) is 1.84. The van der Waals surface area contributed by atoms with Crippen LogP contribution < -0.4 is 0 Å². The first-order valence-corrected chi connectivity index (χ1v) is 5.41. The van der Waals surface area contributed by atoms with Crippen LogP contribution in [0.1, 0.15) is 34.6 Å². The number of carbonyl (C=O) groups excluding carboxylic acids is 1. The predicted molar refractivity (Wildman–Crippen MR) is 60.1 cm³/mol. The van der Waals surface area contributed by atoms with Gasteiger partial charge in [0.1, 0.15) is 12.3 Å². The van der Waals surface area contributed by atoms with Gasteiger partial charge < -0.3 is 14.7 Å². The average molecular weight is 235 g/mol. The summed E-state index contributed by atoms with van der Waals surface area (Å²) < 4.78 is 17.3. The van der Waals surface area contributed by atoms with Crippen molar-refractivity contribution in [2.24, 2.45) is 0 Å². The van der Waals surface area contributed by atoms with Crippen LogP contribution in [-0.4, -0.2) is 47.1 Å². The fourth-order valence-electron chi connectivity index (χ4n) is 1.09. The lowest BCUT2D eigenvalue weighted by atomic mass is 10.2. The summed E-state index contributed by atoms with van der Waals surface area (Å²) in [5, 5.41) is 9.20. The van der Waals surface area contributed by atoms with Crippen molar-refractivity contribution in [3.8, 4) is 0 Å². The molecule has 0 bridgehead atoms. The Morgan fingerprint density at radius 2 is 1.94 bits per heavy atom. The molecule has 1 N–H and O–H groups in total. The van der Waals surface area contributed by atoms with Gasteiger partial charge in [-0.25, -0.2) is 9.18 Å². The summed E-state index contributed by atoms with van der Waals surface area (Å²) in [6.45, 7) is 7.93. The lowest BCUT2D eigenvalue weighted by Gasteiger charge is -2.31. The van der Waals surface area contributed by atoms with Gasteiger partial charge in [0.25, 0.3) is 0 Å². The third-order valence-electron chi connectivity index (χ3n) is 1.84. The molecular formula is C11H22FNO3. The topological polar surface area (TPSA) is 49.8 Å². The molecule has 0 saturated carbocycles. The van der Waals surface area contributed by atoms with Gasteiger partial charge in [0, 0.05) is 6.04 Å². The quantitative estimate of drug-likeness (QED) is 0.810. The molecule has 0 aliphatic rings. The zero-order chi connectivity index (χ0) is 12.9. The maximum absolute atomic E-state index is 12.2. The Morgan fingerprint density at radius 1 is 1.44 bits per heavy atom. The summed E-state index contributed by atoms with van der Waals surface area (Å²) in [7, 11) is 0. The summed E-state index contributed by atoms with van der Waals surface area (Å²) in [6.07, 6.45) is -1.69. The monoisotopic (exact) mass is 235 g/mol. The second kappa shape index (κ2) is 6.03. The van der Waals surface area contributed by atoms with Crippen LogP contribution in [0.2, 0.25) is 0 Å². The van der Waals surface area contributed by atoms with Gasteiger partial charge in [0.05, 0.1) is 12.6 Å². The molecule has 0 aliphatic heterocycles. The first-order chi connectivity index (χ1) is 7.17. The Hall–Kier alpha value is -0.840. The van der Waals surface area contributed by atoms with Crippen molar-refractivity contribution < 1.29 is 19.0 Å². The molecular weight excluding hydrogens is 213 g/mol. The zero-order valence-electron chi connectivity index (χ0n) is 10.7. The number of carbonyl (C=O) groups is 1. The van der Waals surface area contributed by atoms with Crippen LogP contribution in [0.5, 0.6) is 0 Å². The minimum Gasteiger partial charge on any atom is -0.444 e. The van der Waals surface area contributed by atoms with E-state index in [0.29, 0.717) is 0 Å². The van der Waals surface area contributed by atoms with Crippen molar-refractivity contribution in [1.29, 1.82) is 0 Å². The van der Waals surface area contributed by atoms with Gasteiger partial charge in [-0.1, -0.05) is 0 Å². The molecule has 16 heavy (non-hydrogen) atoms. The molecule has 4 nitrogen and oxygen atoms in total. The van der Waals surface area contributed by atoms with Crippen molar-refractivity contribution in [3.63, 3.8) is 0 Å². The van der Waals surface area contributed by atoms with Crippen LogP contribution in [0.3, 0.4) is 0 Å². The highest BCUT2D eigenvalue weighted by Gasteiger charge is 2.25. The maximum atomic E-state index is 12.2. The van der Waals surface area contributed by atoms with E-state index in [1.807, 2.05) is 0 Å². The zero-order valence-corrected chi connectivity index (χ0v) is 10.7. The standard InChI is InChI=1S/C11H22FNO3/c1-8(2)13(7-9(14)6-12)10(15)16-11(3,4)5/h8-9,14H,6-7H2,1-5H3. The molecule has 96 valence electrons. The lowest BCUT2D eigenvalue weighted by Crippen LogP contribution is -2.45. The number of hydrogen-bond donors (Lipinski definition) is 1. The number of rotatable bonds is 4. The molecule has 0 aromatic rings. The van der Waals surface area contributed by atoms with E-state index in [4.69, 9.17) is 4.74 Å².